The van der Waals surface area contributed by atoms with Crippen molar-refractivity contribution in [2.24, 2.45) is 0 Å². The lowest BCUT2D eigenvalue weighted by atomic mass is 10.2. The van der Waals surface area contributed by atoms with Gasteiger partial charge in [0.25, 0.3) is 0 Å². The standard InChI is InChI=1S/C14H21N3O4S/c1-10(16-11(2)18)14(19)15-9-12-7-5-6-8-13(12)22(20,21)17(3)4/h5-8,10H,9H2,1-4H3,(H,15,19)(H,16,18). The highest BCUT2D eigenvalue weighted by Gasteiger charge is 2.21. The fourth-order valence-electron chi connectivity index (χ4n) is 1.80. The Bertz CT molecular complexity index is 656. The van der Waals surface area contributed by atoms with Crippen LogP contribution < -0.4 is 10.6 Å². The van der Waals surface area contributed by atoms with Gasteiger partial charge in [-0.2, -0.15) is 0 Å². The zero-order valence-corrected chi connectivity index (χ0v) is 13.9. The van der Waals surface area contributed by atoms with Crippen molar-refractivity contribution >= 4 is 21.8 Å². The van der Waals surface area contributed by atoms with Crippen LogP contribution in [0.1, 0.15) is 19.4 Å². The van der Waals surface area contributed by atoms with Crippen molar-refractivity contribution in [3.8, 4) is 0 Å². The van der Waals surface area contributed by atoms with Gasteiger partial charge in [0.1, 0.15) is 6.04 Å². The summed E-state index contributed by atoms with van der Waals surface area (Å²) in [4.78, 5) is 22.9. The van der Waals surface area contributed by atoms with Crippen LogP contribution in [0.2, 0.25) is 0 Å². The molecule has 0 saturated heterocycles. The van der Waals surface area contributed by atoms with Crippen LogP contribution in [0.3, 0.4) is 0 Å². The number of amides is 2. The average Bonchev–Trinajstić information content (AvgIpc) is 2.44. The smallest absolute Gasteiger partial charge is 0.242 e. The number of sulfonamides is 1. The number of carbonyl (C=O) groups excluding carboxylic acids is 2. The molecule has 0 fully saturated rings. The van der Waals surface area contributed by atoms with Crippen LogP contribution in [0, 0.1) is 0 Å². The van der Waals surface area contributed by atoms with E-state index < -0.39 is 16.1 Å². The number of carbonyl (C=O) groups is 2. The topological polar surface area (TPSA) is 95.6 Å². The first-order valence-corrected chi connectivity index (χ1v) is 8.15. The maximum atomic E-state index is 12.2. The quantitative estimate of drug-likeness (QED) is 0.773. The summed E-state index contributed by atoms with van der Waals surface area (Å²) in [5.74, 6) is -0.689. The van der Waals surface area contributed by atoms with Crippen molar-refractivity contribution in [2.75, 3.05) is 14.1 Å². The summed E-state index contributed by atoms with van der Waals surface area (Å²) < 4.78 is 25.6. The van der Waals surface area contributed by atoms with Crippen molar-refractivity contribution < 1.29 is 18.0 Å². The van der Waals surface area contributed by atoms with Crippen LogP contribution in [-0.4, -0.2) is 44.7 Å². The molecule has 122 valence electrons. The van der Waals surface area contributed by atoms with E-state index >= 15 is 0 Å². The zero-order valence-electron chi connectivity index (χ0n) is 13.1. The van der Waals surface area contributed by atoms with Gasteiger partial charge in [0, 0.05) is 27.6 Å². The molecule has 0 bridgehead atoms. The molecule has 0 aliphatic rings. The molecule has 1 rings (SSSR count). The first kappa shape index (κ1) is 18.1. The van der Waals surface area contributed by atoms with Gasteiger partial charge >= 0.3 is 0 Å². The molecule has 0 aliphatic carbocycles. The van der Waals surface area contributed by atoms with Crippen LogP contribution in [0.15, 0.2) is 29.2 Å². The molecule has 0 spiro atoms. The Kier molecular flexibility index (Phi) is 6.07. The van der Waals surface area contributed by atoms with Gasteiger partial charge in [-0.1, -0.05) is 18.2 Å². The van der Waals surface area contributed by atoms with Crippen molar-refractivity contribution in [1.82, 2.24) is 14.9 Å². The summed E-state index contributed by atoms with van der Waals surface area (Å²) in [5.41, 5.74) is 0.486. The summed E-state index contributed by atoms with van der Waals surface area (Å²) in [5, 5.41) is 5.08. The lowest BCUT2D eigenvalue weighted by molar-refractivity contribution is -0.127. The average molecular weight is 327 g/mol. The van der Waals surface area contributed by atoms with E-state index in [1.807, 2.05) is 0 Å². The summed E-state index contributed by atoms with van der Waals surface area (Å²) in [6.07, 6.45) is 0. The third-order valence-electron chi connectivity index (χ3n) is 3.00. The Labute approximate surface area is 130 Å². The molecule has 1 aromatic rings. The highest BCUT2D eigenvalue weighted by molar-refractivity contribution is 7.89. The maximum absolute atomic E-state index is 12.2. The number of benzene rings is 1. The number of hydrogen-bond acceptors (Lipinski definition) is 4. The first-order chi connectivity index (χ1) is 10.2. The highest BCUT2D eigenvalue weighted by Crippen LogP contribution is 2.18. The normalized spacial score (nSPS) is 12.8. The minimum Gasteiger partial charge on any atom is -0.350 e. The molecule has 0 radical (unpaired) electrons. The fourth-order valence-corrected chi connectivity index (χ4v) is 2.92. The SMILES string of the molecule is CC(=O)NC(C)C(=O)NCc1ccccc1S(=O)(=O)N(C)C. The summed E-state index contributed by atoms with van der Waals surface area (Å²) >= 11 is 0. The molecule has 2 N–H and O–H groups in total. The minimum atomic E-state index is -3.58. The molecule has 1 aromatic carbocycles. The Balaban J connectivity index is 2.88. The monoisotopic (exact) mass is 327 g/mol. The lowest BCUT2D eigenvalue weighted by Crippen LogP contribution is -2.43. The predicted molar refractivity (Wildman–Crippen MR) is 82.4 cm³/mol. The van der Waals surface area contributed by atoms with Gasteiger partial charge in [0.15, 0.2) is 0 Å². The molecule has 1 atom stereocenters. The van der Waals surface area contributed by atoms with Crippen molar-refractivity contribution in [3.63, 3.8) is 0 Å². The number of hydrogen-bond donors (Lipinski definition) is 2. The van der Waals surface area contributed by atoms with E-state index in [0.717, 1.165) is 4.31 Å². The zero-order chi connectivity index (χ0) is 16.9. The lowest BCUT2D eigenvalue weighted by Gasteiger charge is -2.17. The molecule has 22 heavy (non-hydrogen) atoms. The van der Waals surface area contributed by atoms with E-state index in [2.05, 4.69) is 10.6 Å². The molecular formula is C14H21N3O4S. The van der Waals surface area contributed by atoms with Gasteiger partial charge in [-0.3, -0.25) is 9.59 Å². The molecule has 0 aromatic heterocycles. The number of nitrogens with zero attached hydrogens (tertiary/aromatic N) is 1. The van der Waals surface area contributed by atoms with Gasteiger partial charge < -0.3 is 10.6 Å². The molecular weight excluding hydrogens is 306 g/mol. The van der Waals surface area contributed by atoms with Crippen LogP contribution in [0.5, 0.6) is 0 Å². The van der Waals surface area contributed by atoms with Crippen molar-refractivity contribution in [3.05, 3.63) is 29.8 Å². The fraction of sp³-hybridized carbons (Fsp3) is 0.429. The molecule has 1 unspecified atom stereocenters. The molecule has 8 heteroatoms. The van der Waals surface area contributed by atoms with E-state index in [0.29, 0.717) is 5.56 Å². The van der Waals surface area contributed by atoms with Gasteiger partial charge in [0.05, 0.1) is 4.90 Å². The predicted octanol–water partition coefficient (Wildman–Crippen LogP) is 0.0777. The number of rotatable bonds is 6. The van der Waals surface area contributed by atoms with Gasteiger partial charge in [-0.25, -0.2) is 12.7 Å². The molecule has 7 nitrogen and oxygen atoms in total. The van der Waals surface area contributed by atoms with Crippen LogP contribution in [0.4, 0.5) is 0 Å². The third kappa shape index (κ3) is 4.54. The van der Waals surface area contributed by atoms with Gasteiger partial charge in [0.2, 0.25) is 21.8 Å². The largest absolute Gasteiger partial charge is 0.350 e. The Morgan fingerprint density at radius 3 is 2.36 bits per heavy atom. The minimum absolute atomic E-state index is 0.0615. The van der Waals surface area contributed by atoms with Gasteiger partial charge in [-0.15, -0.1) is 0 Å². The van der Waals surface area contributed by atoms with E-state index in [4.69, 9.17) is 0 Å². The second-order valence-corrected chi connectivity index (χ2v) is 7.16. The summed E-state index contributed by atoms with van der Waals surface area (Å²) in [6, 6.07) is 5.78. The summed E-state index contributed by atoms with van der Waals surface area (Å²) in [6.45, 7) is 2.94. The Morgan fingerprint density at radius 2 is 1.82 bits per heavy atom. The van der Waals surface area contributed by atoms with Crippen LogP contribution >= 0.6 is 0 Å². The molecule has 2 amide bonds. The maximum Gasteiger partial charge on any atom is 0.242 e. The van der Waals surface area contributed by atoms with Crippen molar-refractivity contribution in [1.29, 1.82) is 0 Å². The van der Waals surface area contributed by atoms with E-state index in [1.54, 1.807) is 25.1 Å². The van der Waals surface area contributed by atoms with Crippen molar-refractivity contribution in [2.45, 2.75) is 31.3 Å². The number of nitrogens with one attached hydrogen (secondary N) is 2. The highest BCUT2D eigenvalue weighted by atomic mass is 32.2. The second kappa shape index (κ2) is 7.37. The van der Waals surface area contributed by atoms with Crippen LogP contribution in [-0.2, 0) is 26.2 Å². The second-order valence-electron chi connectivity index (χ2n) is 5.04. The molecule has 0 aliphatic heterocycles. The Morgan fingerprint density at radius 1 is 1.23 bits per heavy atom. The molecule has 0 saturated carbocycles. The van der Waals surface area contributed by atoms with Crippen LogP contribution in [0.25, 0.3) is 0 Å². The first-order valence-electron chi connectivity index (χ1n) is 6.71. The van der Waals surface area contributed by atoms with Gasteiger partial charge in [-0.05, 0) is 18.6 Å². The summed E-state index contributed by atoms with van der Waals surface area (Å²) in [7, 11) is -0.686. The van der Waals surface area contributed by atoms with E-state index in [1.165, 1.54) is 27.1 Å². The third-order valence-corrected chi connectivity index (χ3v) is 4.91. The van der Waals surface area contributed by atoms with E-state index in [-0.39, 0.29) is 23.3 Å². The Hall–Kier alpha value is -1.93. The van der Waals surface area contributed by atoms with E-state index in [9.17, 15) is 18.0 Å². The molecule has 0 heterocycles.